The number of methoxy groups -OCH3 is 1. The summed E-state index contributed by atoms with van der Waals surface area (Å²) in [5.74, 6) is -3.25. The van der Waals surface area contributed by atoms with Crippen LogP contribution in [0.5, 0.6) is 11.5 Å². The van der Waals surface area contributed by atoms with Gasteiger partial charge in [-0.2, -0.15) is 0 Å². The van der Waals surface area contributed by atoms with Gasteiger partial charge in [-0.25, -0.2) is 0 Å². The van der Waals surface area contributed by atoms with Crippen molar-refractivity contribution in [2.24, 2.45) is 17.8 Å². The second-order valence-corrected chi connectivity index (χ2v) is 11.9. The fraction of sp³-hybridized carbons (Fsp3) is 0.241. The summed E-state index contributed by atoms with van der Waals surface area (Å²) in [6, 6.07) is 12.0. The third-order valence-corrected chi connectivity index (χ3v) is 9.27. The summed E-state index contributed by atoms with van der Waals surface area (Å²) in [4.78, 5) is 55.3. The number of amides is 2. The molecule has 0 unspecified atom stereocenters. The molecule has 4 atom stereocenters. The quantitative estimate of drug-likeness (QED) is 0.212. The number of hydrogen-bond donors (Lipinski definition) is 1. The van der Waals surface area contributed by atoms with Crippen LogP contribution in [0, 0.1) is 21.3 Å². The van der Waals surface area contributed by atoms with Crippen LogP contribution < -0.4 is 9.64 Å². The molecule has 7 nitrogen and oxygen atoms in total. The first-order valence-electron chi connectivity index (χ1n) is 12.1. The van der Waals surface area contributed by atoms with Crippen molar-refractivity contribution in [1.29, 1.82) is 0 Å². The van der Waals surface area contributed by atoms with E-state index in [4.69, 9.17) is 4.74 Å². The van der Waals surface area contributed by atoms with Crippen molar-refractivity contribution in [2.45, 2.75) is 18.8 Å². The van der Waals surface area contributed by atoms with Crippen molar-refractivity contribution in [1.82, 2.24) is 0 Å². The van der Waals surface area contributed by atoms with Gasteiger partial charge in [0, 0.05) is 32.3 Å². The summed E-state index contributed by atoms with van der Waals surface area (Å²) in [7, 11) is 1.51. The zero-order valence-electron chi connectivity index (χ0n) is 20.1. The van der Waals surface area contributed by atoms with E-state index in [1.165, 1.54) is 24.2 Å². The van der Waals surface area contributed by atoms with Crippen LogP contribution in [0.25, 0.3) is 0 Å². The number of allylic oxidation sites excluding steroid dienone is 6. The summed E-state index contributed by atoms with van der Waals surface area (Å²) in [6.07, 6.45) is 3.68. The normalized spacial score (nSPS) is 26.6. The molecular formula is C29H21BrINO6. The molecule has 2 amide bonds. The molecule has 2 aromatic carbocycles. The molecule has 9 heteroatoms. The lowest BCUT2D eigenvalue weighted by Gasteiger charge is -2.42. The van der Waals surface area contributed by atoms with Gasteiger partial charge in [0.1, 0.15) is 11.5 Å². The van der Waals surface area contributed by atoms with Gasteiger partial charge in [-0.1, -0.05) is 11.6 Å². The molecule has 1 aliphatic heterocycles. The zero-order valence-corrected chi connectivity index (χ0v) is 23.9. The number of imide groups is 1. The van der Waals surface area contributed by atoms with Crippen LogP contribution in [-0.4, -0.2) is 35.6 Å². The number of benzene rings is 2. The van der Waals surface area contributed by atoms with Crippen molar-refractivity contribution in [3.63, 3.8) is 0 Å². The van der Waals surface area contributed by atoms with E-state index in [1.54, 1.807) is 24.3 Å². The lowest BCUT2D eigenvalue weighted by atomic mass is 9.59. The molecule has 192 valence electrons. The van der Waals surface area contributed by atoms with Crippen LogP contribution in [0.15, 0.2) is 75.8 Å². The first kappa shape index (κ1) is 25.2. The highest BCUT2D eigenvalue weighted by Crippen LogP contribution is 2.56. The Morgan fingerprint density at radius 1 is 1.03 bits per heavy atom. The molecule has 0 aromatic heterocycles. The maximum absolute atomic E-state index is 13.9. The number of ketones is 2. The maximum Gasteiger partial charge on any atom is 0.238 e. The standard InChI is InChI=1S/C29H21BrINO6/c1-38-15-6-9-22(33)19(10-15)24-16-7-8-17-25(18(16)11-20-26(24)23(34)12-21(30)27(20)35)29(37)32(28(17)36)14-4-2-13(31)3-5-14/h2-7,9-10,12,17-18,24-25,33H,8,11H2,1H3/t17-,18+,24+,25-/m0/s1. The van der Waals surface area contributed by atoms with E-state index in [-0.39, 0.29) is 40.0 Å². The highest BCUT2D eigenvalue weighted by Gasteiger charge is 2.56. The average molecular weight is 686 g/mol. The molecule has 1 N–H and O–H groups in total. The Morgan fingerprint density at radius 3 is 2.47 bits per heavy atom. The van der Waals surface area contributed by atoms with Crippen LogP contribution in [0.2, 0.25) is 0 Å². The van der Waals surface area contributed by atoms with Crippen molar-refractivity contribution < 1.29 is 29.0 Å². The number of aromatic hydroxyl groups is 1. The number of anilines is 1. The Kier molecular flexibility index (Phi) is 6.18. The van der Waals surface area contributed by atoms with E-state index in [1.807, 2.05) is 18.2 Å². The predicted molar refractivity (Wildman–Crippen MR) is 151 cm³/mol. The summed E-state index contributed by atoms with van der Waals surface area (Å²) >= 11 is 5.39. The van der Waals surface area contributed by atoms with Gasteiger partial charge in [0.2, 0.25) is 11.8 Å². The lowest BCUT2D eigenvalue weighted by molar-refractivity contribution is -0.123. The number of nitrogens with zero attached hydrogens (tertiary/aromatic N) is 1. The van der Waals surface area contributed by atoms with Gasteiger partial charge < -0.3 is 9.84 Å². The van der Waals surface area contributed by atoms with Gasteiger partial charge in [-0.15, -0.1) is 0 Å². The Morgan fingerprint density at radius 2 is 1.76 bits per heavy atom. The number of halogens is 2. The maximum atomic E-state index is 13.9. The van der Waals surface area contributed by atoms with Crippen molar-refractivity contribution >= 4 is 67.6 Å². The molecule has 38 heavy (non-hydrogen) atoms. The highest BCUT2D eigenvalue weighted by molar-refractivity contribution is 14.1. The van der Waals surface area contributed by atoms with E-state index in [0.717, 1.165) is 9.14 Å². The van der Waals surface area contributed by atoms with Crippen LogP contribution in [-0.2, 0) is 19.2 Å². The number of fused-ring (bicyclic) bond motifs is 3. The van der Waals surface area contributed by atoms with Crippen LogP contribution in [0.1, 0.15) is 24.3 Å². The molecule has 3 aliphatic carbocycles. The molecule has 4 aliphatic rings. The van der Waals surface area contributed by atoms with Crippen LogP contribution >= 0.6 is 38.5 Å². The second kappa shape index (κ2) is 9.30. The number of phenols is 1. The average Bonchev–Trinajstić information content (AvgIpc) is 3.17. The number of ether oxygens (including phenoxy) is 1. The summed E-state index contributed by atoms with van der Waals surface area (Å²) < 4.78 is 6.53. The van der Waals surface area contributed by atoms with Crippen LogP contribution in [0.3, 0.4) is 0 Å². The minimum atomic E-state index is -0.747. The lowest BCUT2D eigenvalue weighted by Crippen LogP contribution is -2.39. The monoisotopic (exact) mass is 685 g/mol. The molecule has 1 heterocycles. The molecule has 1 saturated heterocycles. The summed E-state index contributed by atoms with van der Waals surface area (Å²) in [6.45, 7) is 0. The topological polar surface area (TPSA) is 101 Å². The largest absolute Gasteiger partial charge is 0.508 e. The van der Waals surface area contributed by atoms with Crippen molar-refractivity contribution in [2.75, 3.05) is 12.0 Å². The molecule has 2 aromatic rings. The highest BCUT2D eigenvalue weighted by atomic mass is 127. The molecule has 1 fully saturated rings. The van der Waals surface area contributed by atoms with Gasteiger partial charge >= 0.3 is 0 Å². The molecular weight excluding hydrogens is 665 g/mol. The molecule has 0 bridgehead atoms. The van der Waals surface area contributed by atoms with Crippen molar-refractivity contribution in [3.8, 4) is 11.5 Å². The minimum Gasteiger partial charge on any atom is -0.508 e. The zero-order chi connectivity index (χ0) is 26.9. The first-order valence-corrected chi connectivity index (χ1v) is 14.0. The summed E-state index contributed by atoms with van der Waals surface area (Å²) in [5, 5.41) is 10.9. The third-order valence-electron chi connectivity index (χ3n) is 7.96. The SMILES string of the molecule is COc1ccc(O)c([C@H]2C3=CC[C@@H]4C(=O)N(c5ccc(I)cc5)C(=O)[C@@H]4[C@@H]3CC3=C2C(=O)C=C(Br)C3=O)c1. The molecule has 0 spiro atoms. The number of Topliss-reactive ketones (excluding diaryl/α,β-unsaturated/α-hetero) is 1. The number of carbonyl (C=O) groups is 4. The fourth-order valence-electron chi connectivity index (χ4n) is 6.30. The van der Waals surface area contributed by atoms with Gasteiger partial charge in [-0.05, 0) is 99.7 Å². The van der Waals surface area contributed by atoms with Gasteiger partial charge in [0.15, 0.2) is 11.6 Å². The fourth-order valence-corrected chi connectivity index (χ4v) is 7.10. The molecule has 0 radical (unpaired) electrons. The van der Waals surface area contributed by atoms with Gasteiger partial charge in [0.05, 0.1) is 29.1 Å². The Labute approximate surface area is 240 Å². The predicted octanol–water partition coefficient (Wildman–Crippen LogP) is 4.97. The van der Waals surface area contributed by atoms with E-state index in [2.05, 4.69) is 38.5 Å². The Balaban J connectivity index is 1.51. The van der Waals surface area contributed by atoms with E-state index >= 15 is 0 Å². The number of phenolic OH excluding ortho intramolecular Hbond substituents is 1. The third kappa shape index (κ3) is 3.73. The number of hydrogen-bond acceptors (Lipinski definition) is 6. The van der Waals surface area contributed by atoms with Crippen LogP contribution in [0.4, 0.5) is 5.69 Å². The number of carbonyl (C=O) groups excluding carboxylic acids is 4. The van der Waals surface area contributed by atoms with Crippen molar-refractivity contribution in [3.05, 3.63) is 85.0 Å². The van der Waals surface area contributed by atoms with E-state index in [9.17, 15) is 24.3 Å². The minimum absolute atomic E-state index is 0.0467. The molecule has 6 rings (SSSR count). The smallest absolute Gasteiger partial charge is 0.238 e. The first-order chi connectivity index (χ1) is 18.2. The number of rotatable bonds is 3. The second-order valence-electron chi connectivity index (χ2n) is 9.81. The molecule has 0 saturated carbocycles. The van der Waals surface area contributed by atoms with E-state index in [0.29, 0.717) is 34.6 Å². The van der Waals surface area contributed by atoms with E-state index < -0.39 is 23.7 Å². The van der Waals surface area contributed by atoms with Gasteiger partial charge in [-0.3, -0.25) is 24.1 Å². The Bertz CT molecular complexity index is 1540. The van der Waals surface area contributed by atoms with Gasteiger partial charge in [0.25, 0.3) is 0 Å². The Hall–Kier alpha value is -3.05. The summed E-state index contributed by atoms with van der Waals surface area (Å²) in [5.41, 5.74) is 2.32.